The molecule has 0 amide bonds. The van der Waals surface area contributed by atoms with Gasteiger partial charge in [-0.3, -0.25) is 0 Å². The fourth-order valence-corrected chi connectivity index (χ4v) is 2.80. The molecule has 0 bridgehead atoms. The number of nitrogens with zero attached hydrogens (tertiary/aromatic N) is 1. The summed E-state index contributed by atoms with van der Waals surface area (Å²) in [6.07, 6.45) is 1.94. The lowest BCUT2D eigenvalue weighted by Crippen LogP contribution is -1.99. The normalized spacial score (nSPS) is 12.7. The van der Waals surface area contributed by atoms with E-state index in [2.05, 4.69) is 20.9 Å². The quantitative estimate of drug-likeness (QED) is 0.880. The first-order chi connectivity index (χ1) is 7.65. The Kier molecular flexibility index (Phi) is 3.74. The van der Waals surface area contributed by atoms with Gasteiger partial charge in [0.1, 0.15) is 4.60 Å². The smallest absolute Gasteiger partial charge is 0.106 e. The topological polar surface area (TPSA) is 33.1 Å². The number of aromatic nitrogens is 1. The first kappa shape index (κ1) is 11.8. The highest BCUT2D eigenvalue weighted by molar-refractivity contribution is 9.10. The third-order valence-corrected chi connectivity index (χ3v) is 3.85. The zero-order valence-electron chi connectivity index (χ0n) is 8.85. The molecule has 1 unspecified atom stereocenters. The second kappa shape index (κ2) is 5.08. The zero-order chi connectivity index (χ0) is 11.5. The van der Waals surface area contributed by atoms with Gasteiger partial charge in [-0.15, -0.1) is 11.3 Å². The third-order valence-electron chi connectivity index (χ3n) is 2.31. The SMILES string of the molecule is Cc1ccc(C(O)Cc2ccnc(Br)c2)s1. The number of thiophene rings is 1. The summed E-state index contributed by atoms with van der Waals surface area (Å²) in [6, 6.07) is 7.88. The number of halogens is 1. The summed E-state index contributed by atoms with van der Waals surface area (Å²) in [4.78, 5) is 6.31. The van der Waals surface area contributed by atoms with Crippen molar-refractivity contribution in [1.29, 1.82) is 0 Å². The largest absolute Gasteiger partial charge is 0.387 e. The summed E-state index contributed by atoms with van der Waals surface area (Å²) in [6.45, 7) is 2.05. The maximum atomic E-state index is 10.1. The lowest BCUT2D eigenvalue weighted by molar-refractivity contribution is 0.182. The molecule has 1 N–H and O–H groups in total. The molecule has 2 heterocycles. The Morgan fingerprint density at radius 3 is 2.88 bits per heavy atom. The van der Waals surface area contributed by atoms with Gasteiger partial charge in [-0.1, -0.05) is 0 Å². The molecule has 2 aromatic rings. The first-order valence-corrected chi connectivity index (χ1v) is 6.61. The number of aryl methyl sites for hydroxylation is 1. The van der Waals surface area contributed by atoms with Gasteiger partial charge in [-0.25, -0.2) is 4.98 Å². The molecule has 2 nitrogen and oxygen atoms in total. The van der Waals surface area contributed by atoms with Crippen molar-refractivity contribution in [3.05, 3.63) is 50.4 Å². The summed E-state index contributed by atoms with van der Waals surface area (Å²) >= 11 is 4.96. The fourth-order valence-electron chi connectivity index (χ4n) is 1.53. The van der Waals surface area contributed by atoms with Crippen molar-refractivity contribution in [1.82, 2.24) is 4.98 Å². The monoisotopic (exact) mass is 297 g/mol. The van der Waals surface area contributed by atoms with Crippen LogP contribution in [0, 0.1) is 6.92 Å². The number of pyridine rings is 1. The summed E-state index contributed by atoms with van der Waals surface area (Å²) in [5.41, 5.74) is 1.08. The van der Waals surface area contributed by atoms with Crippen LogP contribution in [0.5, 0.6) is 0 Å². The minimum Gasteiger partial charge on any atom is -0.387 e. The van der Waals surface area contributed by atoms with Gasteiger partial charge in [0, 0.05) is 22.4 Å². The highest BCUT2D eigenvalue weighted by atomic mass is 79.9. The van der Waals surface area contributed by atoms with Crippen LogP contribution in [0.1, 0.15) is 21.4 Å². The van der Waals surface area contributed by atoms with Gasteiger partial charge in [0.2, 0.25) is 0 Å². The van der Waals surface area contributed by atoms with E-state index in [4.69, 9.17) is 0 Å². The molecule has 0 aliphatic carbocycles. The summed E-state index contributed by atoms with van der Waals surface area (Å²) in [5.74, 6) is 0. The molecule has 0 saturated heterocycles. The second-order valence-electron chi connectivity index (χ2n) is 3.66. The molecule has 0 aliphatic heterocycles. The molecule has 84 valence electrons. The Morgan fingerprint density at radius 1 is 1.44 bits per heavy atom. The lowest BCUT2D eigenvalue weighted by Gasteiger charge is -2.08. The van der Waals surface area contributed by atoms with Crippen molar-refractivity contribution < 1.29 is 5.11 Å². The average molecular weight is 298 g/mol. The molecule has 0 saturated carbocycles. The van der Waals surface area contributed by atoms with E-state index in [9.17, 15) is 5.11 Å². The minimum atomic E-state index is -0.423. The average Bonchev–Trinajstić information content (AvgIpc) is 2.65. The fraction of sp³-hybridized carbons (Fsp3) is 0.250. The summed E-state index contributed by atoms with van der Waals surface area (Å²) in [7, 11) is 0. The molecule has 4 heteroatoms. The standard InChI is InChI=1S/C12H12BrNOS/c1-8-2-3-11(16-8)10(15)6-9-4-5-14-12(13)7-9/h2-5,7,10,15H,6H2,1H3. The van der Waals surface area contributed by atoms with E-state index in [1.54, 1.807) is 17.5 Å². The Morgan fingerprint density at radius 2 is 2.25 bits per heavy atom. The van der Waals surface area contributed by atoms with Gasteiger partial charge < -0.3 is 5.11 Å². The van der Waals surface area contributed by atoms with E-state index >= 15 is 0 Å². The molecular weight excluding hydrogens is 286 g/mol. The predicted molar refractivity (Wildman–Crippen MR) is 69.7 cm³/mol. The van der Waals surface area contributed by atoms with Crippen molar-refractivity contribution in [2.24, 2.45) is 0 Å². The van der Waals surface area contributed by atoms with Crippen LogP contribution in [0.15, 0.2) is 35.1 Å². The van der Waals surface area contributed by atoms with Crippen molar-refractivity contribution in [2.45, 2.75) is 19.4 Å². The molecule has 0 fully saturated rings. The Labute approximate surface area is 107 Å². The van der Waals surface area contributed by atoms with Crippen LogP contribution in [-0.2, 0) is 6.42 Å². The van der Waals surface area contributed by atoms with Crippen LogP contribution in [0.25, 0.3) is 0 Å². The highest BCUT2D eigenvalue weighted by Gasteiger charge is 2.10. The summed E-state index contributed by atoms with van der Waals surface area (Å²) in [5, 5.41) is 10.1. The zero-order valence-corrected chi connectivity index (χ0v) is 11.3. The highest BCUT2D eigenvalue weighted by Crippen LogP contribution is 2.25. The van der Waals surface area contributed by atoms with Crippen LogP contribution in [0.4, 0.5) is 0 Å². The molecular formula is C12H12BrNOS. The van der Waals surface area contributed by atoms with E-state index in [0.29, 0.717) is 6.42 Å². The predicted octanol–water partition coefficient (Wildman–Crippen LogP) is 3.49. The van der Waals surface area contributed by atoms with Crippen molar-refractivity contribution >= 4 is 27.3 Å². The van der Waals surface area contributed by atoms with Crippen LogP contribution < -0.4 is 0 Å². The van der Waals surface area contributed by atoms with Crippen molar-refractivity contribution in [3.63, 3.8) is 0 Å². The Bertz CT molecular complexity index is 483. The van der Waals surface area contributed by atoms with Gasteiger partial charge in [-0.2, -0.15) is 0 Å². The lowest BCUT2D eigenvalue weighted by atomic mass is 10.1. The van der Waals surface area contributed by atoms with Crippen molar-refractivity contribution in [2.75, 3.05) is 0 Å². The minimum absolute atomic E-state index is 0.423. The molecule has 2 rings (SSSR count). The number of aliphatic hydroxyl groups is 1. The molecule has 0 spiro atoms. The van der Waals surface area contributed by atoms with Gasteiger partial charge in [0.25, 0.3) is 0 Å². The molecule has 2 aromatic heterocycles. The van der Waals surface area contributed by atoms with Crippen LogP contribution in [-0.4, -0.2) is 10.1 Å². The molecule has 0 aromatic carbocycles. The maximum absolute atomic E-state index is 10.1. The molecule has 1 atom stereocenters. The number of hydrogen-bond acceptors (Lipinski definition) is 3. The van der Waals surface area contributed by atoms with E-state index in [1.807, 2.05) is 31.2 Å². The van der Waals surface area contributed by atoms with E-state index in [0.717, 1.165) is 15.0 Å². The number of aliphatic hydroxyl groups excluding tert-OH is 1. The maximum Gasteiger partial charge on any atom is 0.106 e. The van der Waals surface area contributed by atoms with Gasteiger partial charge in [-0.05, 0) is 52.7 Å². The van der Waals surface area contributed by atoms with E-state index < -0.39 is 6.10 Å². The van der Waals surface area contributed by atoms with E-state index in [1.165, 1.54) is 4.88 Å². The molecule has 0 aliphatic rings. The third kappa shape index (κ3) is 2.90. The van der Waals surface area contributed by atoms with Gasteiger partial charge >= 0.3 is 0 Å². The first-order valence-electron chi connectivity index (χ1n) is 5.00. The molecule has 0 radical (unpaired) electrons. The Balaban J connectivity index is 2.10. The molecule has 16 heavy (non-hydrogen) atoms. The summed E-state index contributed by atoms with van der Waals surface area (Å²) < 4.78 is 0.805. The van der Waals surface area contributed by atoms with Crippen molar-refractivity contribution in [3.8, 4) is 0 Å². The van der Waals surface area contributed by atoms with Crippen LogP contribution in [0.2, 0.25) is 0 Å². The van der Waals surface area contributed by atoms with Crippen LogP contribution in [0.3, 0.4) is 0 Å². The van der Waals surface area contributed by atoms with Gasteiger partial charge in [0.15, 0.2) is 0 Å². The number of hydrogen-bond donors (Lipinski definition) is 1. The van der Waals surface area contributed by atoms with E-state index in [-0.39, 0.29) is 0 Å². The Hall–Kier alpha value is -0.710. The second-order valence-corrected chi connectivity index (χ2v) is 5.79. The van der Waals surface area contributed by atoms with Crippen LogP contribution >= 0.6 is 27.3 Å². The van der Waals surface area contributed by atoms with Gasteiger partial charge in [0.05, 0.1) is 6.10 Å². The number of rotatable bonds is 3.